The summed E-state index contributed by atoms with van der Waals surface area (Å²) in [5.74, 6) is -0.304. The standard InChI is InChI=1S/C15H24N2O2/c1-4-9-17(10-5-2)14-8-7-12(16)11-13(14)15(18)19-6-3/h7-8,11H,4-6,9-10,16H2,1-3H3. The monoisotopic (exact) mass is 264 g/mol. The first kappa shape index (κ1) is 15.3. The van der Waals surface area contributed by atoms with Crippen LogP contribution in [0.1, 0.15) is 44.0 Å². The second-order valence-electron chi connectivity index (χ2n) is 4.48. The molecule has 4 heteroatoms. The van der Waals surface area contributed by atoms with E-state index in [1.54, 1.807) is 13.0 Å². The van der Waals surface area contributed by atoms with E-state index < -0.39 is 0 Å². The molecular weight excluding hydrogens is 240 g/mol. The molecule has 19 heavy (non-hydrogen) atoms. The van der Waals surface area contributed by atoms with Gasteiger partial charge >= 0.3 is 5.97 Å². The maximum absolute atomic E-state index is 12.0. The van der Waals surface area contributed by atoms with E-state index in [1.165, 1.54) is 0 Å². The van der Waals surface area contributed by atoms with Crippen LogP contribution in [0.15, 0.2) is 18.2 Å². The SMILES string of the molecule is CCCN(CCC)c1ccc(N)cc1C(=O)OCC. The summed E-state index contributed by atoms with van der Waals surface area (Å²) in [5, 5.41) is 0. The number of nitrogens with two attached hydrogens (primary N) is 1. The predicted octanol–water partition coefficient (Wildman–Crippen LogP) is 3.07. The predicted molar refractivity (Wildman–Crippen MR) is 79.6 cm³/mol. The van der Waals surface area contributed by atoms with Crippen LogP contribution in [0.2, 0.25) is 0 Å². The van der Waals surface area contributed by atoms with Gasteiger partial charge in [0, 0.05) is 18.8 Å². The summed E-state index contributed by atoms with van der Waals surface area (Å²) in [7, 11) is 0. The van der Waals surface area contributed by atoms with E-state index in [2.05, 4.69) is 18.7 Å². The third-order valence-electron chi connectivity index (χ3n) is 2.84. The lowest BCUT2D eigenvalue weighted by Crippen LogP contribution is -2.27. The molecule has 0 unspecified atom stereocenters. The van der Waals surface area contributed by atoms with Crippen molar-refractivity contribution in [2.75, 3.05) is 30.3 Å². The molecule has 0 amide bonds. The van der Waals surface area contributed by atoms with E-state index in [-0.39, 0.29) is 5.97 Å². The van der Waals surface area contributed by atoms with Gasteiger partial charge in [0.2, 0.25) is 0 Å². The van der Waals surface area contributed by atoms with Gasteiger partial charge in [-0.25, -0.2) is 4.79 Å². The normalized spacial score (nSPS) is 10.3. The van der Waals surface area contributed by atoms with E-state index in [4.69, 9.17) is 10.5 Å². The highest BCUT2D eigenvalue weighted by Gasteiger charge is 2.17. The first-order valence-electron chi connectivity index (χ1n) is 6.95. The smallest absolute Gasteiger partial charge is 0.340 e. The number of benzene rings is 1. The third-order valence-corrected chi connectivity index (χ3v) is 2.84. The molecule has 106 valence electrons. The van der Waals surface area contributed by atoms with Gasteiger partial charge in [0.15, 0.2) is 0 Å². The minimum Gasteiger partial charge on any atom is -0.462 e. The Morgan fingerprint density at radius 3 is 2.37 bits per heavy atom. The van der Waals surface area contributed by atoms with E-state index in [0.717, 1.165) is 31.6 Å². The molecule has 0 aliphatic rings. The number of carbonyl (C=O) groups excluding carboxylic acids is 1. The molecule has 1 aromatic carbocycles. The summed E-state index contributed by atoms with van der Waals surface area (Å²) in [6.45, 7) is 8.27. The van der Waals surface area contributed by atoms with E-state index in [9.17, 15) is 4.79 Å². The number of ether oxygens (including phenoxy) is 1. The molecule has 0 heterocycles. The van der Waals surface area contributed by atoms with Crippen LogP contribution < -0.4 is 10.6 Å². The summed E-state index contributed by atoms with van der Waals surface area (Å²) >= 11 is 0. The topological polar surface area (TPSA) is 55.6 Å². The van der Waals surface area contributed by atoms with Gasteiger partial charge in [-0.1, -0.05) is 13.8 Å². The molecule has 4 nitrogen and oxygen atoms in total. The zero-order valence-electron chi connectivity index (χ0n) is 12.1. The second-order valence-corrected chi connectivity index (χ2v) is 4.48. The molecule has 0 radical (unpaired) electrons. The molecule has 0 atom stereocenters. The fourth-order valence-electron chi connectivity index (χ4n) is 2.09. The van der Waals surface area contributed by atoms with Crippen molar-refractivity contribution >= 4 is 17.3 Å². The van der Waals surface area contributed by atoms with Gasteiger partial charge in [-0.2, -0.15) is 0 Å². The molecular formula is C15H24N2O2. The molecule has 0 spiro atoms. The zero-order chi connectivity index (χ0) is 14.3. The van der Waals surface area contributed by atoms with E-state index in [0.29, 0.717) is 17.9 Å². The molecule has 0 fully saturated rings. The maximum Gasteiger partial charge on any atom is 0.340 e. The van der Waals surface area contributed by atoms with Crippen LogP contribution in [0.25, 0.3) is 0 Å². The molecule has 0 saturated carbocycles. The Morgan fingerprint density at radius 1 is 1.21 bits per heavy atom. The average molecular weight is 264 g/mol. The molecule has 0 bridgehead atoms. The lowest BCUT2D eigenvalue weighted by Gasteiger charge is -2.26. The van der Waals surface area contributed by atoms with Gasteiger partial charge in [-0.3, -0.25) is 0 Å². The minimum atomic E-state index is -0.304. The van der Waals surface area contributed by atoms with Crippen LogP contribution in [-0.4, -0.2) is 25.7 Å². The summed E-state index contributed by atoms with van der Waals surface area (Å²) < 4.78 is 5.11. The number of nitrogens with zero attached hydrogens (tertiary/aromatic N) is 1. The van der Waals surface area contributed by atoms with Gasteiger partial charge in [0.25, 0.3) is 0 Å². The first-order valence-corrected chi connectivity index (χ1v) is 6.95. The second kappa shape index (κ2) is 7.67. The van der Waals surface area contributed by atoms with Crippen molar-refractivity contribution in [3.63, 3.8) is 0 Å². The number of anilines is 2. The molecule has 0 aromatic heterocycles. The molecule has 1 rings (SSSR count). The Balaban J connectivity index is 3.12. The van der Waals surface area contributed by atoms with Crippen molar-refractivity contribution in [2.24, 2.45) is 0 Å². The van der Waals surface area contributed by atoms with Crippen LogP contribution in [0.4, 0.5) is 11.4 Å². The average Bonchev–Trinajstić information content (AvgIpc) is 2.39. The quantitative estimate of drug-likeness (QED) is 0.607. The van der Waals surface area contributed by atoms with Crippen molar-refractivity contribution in [3.8, 4) is 0 Å². The highest BCUT2D eigenvalue weighted by molar-refractivity contribution is 5.97. The van der Waals surface area contributed by atoms with Crippen LogP contribution in [-0.2, 0) is 4.74 Å². The lowest BCUT2D eigenvalue weighted by molar-refractivity contribution is 0.0527. The van der Waals surface area contributed by atoms with Gasteiger partial charge in [0.05, 0.1) is 17.9 Å². The molecule has 0 saturated heterocycles. The highest BCUT2D eigenvalue weighted by atomic mass is 16.5. The third kappa shape index (κ3) is 4.16. The number of carbonyl (C=O) groups is 1. The van der Waals surface area contributed by atoms with Gasteiger partial charge in [-0.05, 0) is 38.0 Å². The van der Waals surface area contributed by atoms with Crippen molar-refractivity contribution in [2.45, 2.75) is 33.6 Å². The van der Waals surface area contributed by atoms with Crippen LogP contribution in [0.5, 0.6) is 0 Å². The minimum absolute atomic E-state index is 0.304. The summed E-state index contributed by atoms with van der Waals surface area (Å²) in [6.07, 6.45) is 2.07. The molecule has 2 N–H and O–H groups in total. The summed E-state index contributed by atoms with van der Waals surface area (Å²) in [6, 6.07) is 5.44. The van der Waals surface area contributed by atoms with Crippen LogP contribution in [0.3, 0.4) is 0 Å². The van der Waals surface area contributed by atoms with E-state index in [1.807, 2.05) is 12.1 Å². The Kier molecular flexibility index (Phi) is 6.19. The Hall–Kier alpha value is -1.71. The number of hydrogen-bond donors (Lipinski definition) is 1. The van der Waals surface area contributed by atoms with Gasteiger partial charge in [0.1, 0.15) is 0 Å². The van der Waals surface area contributed by atoms with Gasteiger partial charge < -0.3 is 15.4 Å². The van der Waals surface area contributed by atoms with E-state index >= 15 is 0 Å². The number of rotatable bonds is 7. The Bertz CT molecular complexity index is 413. The largest absolute Gasteiger partial charge is 0.462 e. The Morgan fingerprint density at radius 2 is 1.84 bits per heavy atom. The molecule has 0 aliphatic heterocycles. The zero-order valence-corrected chi connectivity index (χ0v) is 12.1. The first-order chi connectivity index (χ1) is 9.13. The van der Waals surface area contributed by atoms with Crippen LogP contribution in [0, 0.1) is 0 Å². The summed E-state index contributed by atoms with van der Waals surface area (Å²) in [5.41, 5.74) is 7.84. The van der Waals surface area contributed by atoms with Crippen molar-refractivity contribution in [1.82, 2.24) is 0 Å². The maximum atomic E-state index is 12.0. The number of esters is 1. The number of hydrogen-bond acceptors (Lipinski definition) is 4. The van der Waals surface area contributed by atoms with Crippen molar-refractivity contribution in [1.29, 1.82) is 0 Å². The van der Waals surface area contributed by atoms with Crippen molar-refractivity contribution < 1.29 is 9.53 Å². The van der Waals surface area contributed by atoms with Gasteiger partial charge in [-0.15, -0.1) is 0 Å². The van der Waals surface area contributed by atoms with Crippen molar-refractivity contribution in [3.05, 3.63) is 23.8 Å². The summed E-state index contributed by atoms with van der Waals surface area (Å²) in [4.78, 5) is 14.2. The Labute approximate surface area is 115 Å². The molecule has 0 aliphatic carbocycles. The fraction of sp³-hybridized carbons (Fsp3) is 0.533. The highest BCUT2D eigenvalue weighted by Crippen LogP contribution is 2.24. The van der Waals surface area contributed by atoms with Crippen LogP contribution >= 0.6 is 0 Å². The number of nitrogen functional groups attached to an aromatic ring is 1. The molecule has 1 aromatic rings. The lowest BCUT2D eigenvalue weighted by atomic mass is 10.1. The fourth-order valence-corrected chi connectivity index (χ4v) is 2.09.